The van der Waals surface area contributed by atoms with E-state index >= 15 is 0 Å². The third kappa shape index (κ3) is 11.2. The third-order valence-corrected chi connectivity index (χ3v) is 0.594. The molecule has 9 heavy (non-hydrogen) atoms. The van der Waals surface area contributed by atoms with Crippen molar-refractivity contribution in [1.82, 2.24) is 0 Å². The van der Waals surface area contributed by atoms with Crippen molar-refractivity contribution < 1.29 is 9.53 Å². The normalized spacial score (nSPS) is 7.11. The highest BCUT2D eigenvalue weighted by molar-refractivity contribution is 5.68. The molecule has 0 saturated heterocycles. The van der Waals surface area contributed by atoms with E-state index in [1.165, 1.54) is 7.05 Å². The van der Waals surface area contributed by atoms with E-state index in [1.54, 1.807) is 13.8 Å². The molecule has 0 bridgehead atoms. The molecule has 0 aromatic heterocycles. The molecule has 56 valence electrons. The van der Waals surface area contributed by atoms with Crippen LogP contribution in [0.15, 0.2) is 0 Å². The summed E-state index contributed by atoms with van der Waals surface area (Å²) in [5.41, 5.74) is 4.50. The summed E-state index contributed by atoms with van der Waals surface area (Å²) in [7, 11) is 1.50. The summed E-state index contributed by atoms with van der Waals surface area (Å²) in [5.74, 6) is -0.123. The number of hydrogen-bond donors (Lipinski definition) is 1. The van der Waals surface area contributed by atoms with Gasteiger partial charge in [-0.05, 0) is 14.0 Å². The molecule has 0 unspecified atom stereocenters. The van der Waals surface area contributed by atoms with Crippen LogP contribution in [0.5, 0.6) is 0 Å². The van der Waals surface area contributed by atoms with Crippen molar-refractivity contribution in [3.63, 3.8) is 0 Å². The van der Waals surface area contributed by atoms with Crippen molar-refractivity contribution in [1.29, 1.82) is 0 Å². The van der Waals surface area contributed by atoms with Gasteiger partial charge in [0.15, 0.2) is 0 Å². The van der Waals surface area contributed by atoms with Crippen LogP contribution in [0.3, 0.4) is 0 Å². The smallest absolute Gasteiger partial charge is 0.305 e. The monoisotopic (exact) mass is 133 g/mol. The SMILES string of the molecule is CCOC(=O)CC.CN. The summed E-state index contributed by atoms with van der Waals surface area (Å²) in [4.78, 5) is 10.2. The lowest BCUT2D eigenvalue weighted by Crippen LogP contribution is -2.00. The van der Waals surface area contributed by atoms with Crippen LogP contribution in [0.1, 0.15) is 20.3 Å². The fraction of sp³-hybridized carbons (Fsp3) is 0.833. The minimum atomic E-state index is -0.123. The van der Waals surface area contributed by atoms with Gasteiger partial charge in [0.2, 0.25) is 0 Å². The van der Waals surface area contributed by atoms with Gasteiger partial charge in [-0.1, -0.05) is 6.92 Å². The van der Waals surface area contributed by atoms with Crippen molar-refractivity contribution in [2.75, 3.05) is 13.7 Å². The molecular weight excluding hydrogens is 118 g/mol. The number of carbonyl (C=O) groups excluding carboxylic acids is 1. The molecule has 0 aromatic rings. The average Bonchev–Trinajstić information content (AvgIpc) is 1.93. The number of rotatable bonds is 2. The zero-order valence-electron chi connectivity index (χ0n) is 6.31. The Morgan fingerprint density at radius 3 is 2.00 bits per heavy atom. The maximum Gasteiger partial charge on any atom is 0.305 e. The molecule has 3 nitrogen and oxygen atoms in total. The molecular formula is C6H15NO2. The van der Waals surface area contributed by atoms with Gasteiger partial charge in [0.05, 0.1) is 6.61 Å². The summed E-state index contributed by atoms with van der Waals surface area (Å²) < 4.78 is 4.55. The molecule has 3 heteroatoms. The lowest BCUT2D eigenvalue weighted by molar-refractivity contribution is -0.142. The first-order valence-corrected chi connectivity index (χ1v) is 3.04. The van der Waals surface area contributed by atoms with E-state index in [4.69, 9.17) is 0 Å². The van der Waals surface area contributed by atoms with Gasteiger partial charge in [0.1, 0.15) is 0 Å². The second-order valence-electron chi connectivity index (χ2n) is 1.16. The minimum Gasteiger partial charge on any atom is -0.466 e. The maximum atomic E-state index is 10.2. The Morgan fingerprint density at radius 2 is 1.89 bits per heavy atom. The molecule has 0 radical (unpaired) electrons. The molecule has 0 heterocycles. The van der Waals surface area contributed by atoms with Crippen molar-refractivity contribution in [3.8, 4) is 0 Å². The predicted octanol–water partition coefficient (Wildman–Crippen LogP) is 0.534. The van der Waals surface area contributed by atoms with Crippen LogP contribution in [0.2, 0.25) is 0 Å². The molecule has 0 spiro atoms. The van der Waals surface area contributed by atoms with Gasteiger partial charge >= 0.3 is 5.97 Å². The van der Waals surface area contributed by atoms with Crippen LogP contribution in [-0.4, -0.2) is 19.6 Å². The first-order chi connectivity index (χ1) is 4.31. The Hall–Kier alpha value is -0.570. The number of esters is 1. The number of carbonyl (C=O) groups is 1. The van der Waals surface area contributed by atoms with Gasteiger partial charge < -0.3 is 10.5 Å². The minimum absolute atomic E-state index is 0.123. The molecule has 0 rings (SSSR count). The average molecular weight is 133 g/mol. The number of hydrogen-bond acceptors (Lipinski definition) is 3. The summed E-state index contributed by atoms with van der Waals surface area (Å²) >= 11 is 0. The Kier molecular flexibility index (Phi) is 13.0. The topological polar surface area (TPSA) is 52.3 Å². The Morgan fingerprint density at radius 1 is 1.44 bits per heavy atom. The van der Waals surface area contributed by atoms with Crippen LogP contribution in [0, 0.1) is 0 Å². The van der Waals surface area contributed by atoms with Gasteiger partial charge in [-0.3, -0.25) is 4.79 Å². The van der Waals surface area contributed by atoms with Crippen LogP contribution in [0.25, 0.3) is 0 Å². The summed E-state index contributed by atoms with van der Waals surface area (Å²) in [6.07, 6.45) is 0.480. The summed E-state index contributed by atoms with van der Waals surface area (Å²) in [6, 6.07) is 0. The van der Waals surface area contributed by atoms with Gasteiger partial charge in [-0.2, -0.15) is 0 Å². The molecule has 0 atom stereocenters. The Labute approximate surface area is 56.2 Å². The highest BCUT2D eigenvalue weighted by Crippen LogP contribution is 1.80. The zero-order valence-corrected chi connectivity index (χ0v) is 6.31. The van der Waals surface area contributed by atoms with Crippen LogP contribution in [-0.2, 0) is 9.53 Å². The fourth-order valence-corrected chi connectivity index (χ4v) is 0.263. The van der Waals surface area contributed by atoms with Crippen LogP contribution >= 0.6 is 0 Å². The van der Waals surface area contributed by atoms with E-state index in [9.17, 15) is 4.79 Å². The summed E-state index contributed by atoms with van der Waals surface area (Å²) in [5, 5.41) is 0. The number of nitrogens with two attached hydrogens (primary N) is 1. The Balaban J connectivity index is 0. The molecule has 0 aromatic carbocycles. The van der Waals surface area contributed by atoms with Gasteiger partial charge in [0, 0.05) is 6.42 Å². The van der Waals surface area contributed by atoms with Crippen LogP contribution in [0.4, 0.5) is 0 Å². The highest BCUT2D eigenvalue weighted by Gasteiger charge is 1.91. The van der Waals surface area contributed by atoms with E-state index in [1.807, 2.05) is 0 Å². The molecule has 0 aliphatic carbocycles. The van der Waals surface area contributed by atoms with Gasteiger partial charge in [-0.15, -0.1) is 0 Å². The van der Waals surface area contributed by atoms with Crippen molar-refractivity contribution >= 4 is 5.97 Å². The van der Waals surface area contributed by atoms with E-state index in [0.29, 0.717) is 13.0 Å². The second kappa shape index (κ2) is 10.4. The van der Waals surface area contributed by atoms with Crippen LogP contribution < -0.4 is 5.73 Å². The standard InChI is InChI=1S/C5H10O2.CH5N/c1-3-5(6)7-4-2;1-2/h3-4H2,1-2H3;2H2,1H3. The first-order valence-electron chi connectivity index (χ1n) is 3.04. The number of ether oxygens (including phenoxy) is 1. The molecule has 2 N–H and O–H groups in total. The fourth-order valence-electron chi connectivity index (χ4n) is 0.263. The zero-order chi connectivity index (χ0) is 7.70. The van der Waals surface area contributed by atoms with E-state index in [0.717, 1.165) is 0 Å². The quantitative estimate of drug-likeness (QED) is 0.559. The summed E-state index contributed by atoms with van der Waals surface area (Å²) in [6.45, 7) is 4.07. The third-order valence-electron chi connectivity index (χ3n) is 0.594. The largest absolute Gasteiger partial charge is 0.466 e. The van der Waals surface area contributed by atoms with Gasteiger partial charge in [0.25, 0.3) is 0 Å². The molecule has 0 saturated carbocycles. The Bertz CT molecular complexity index is 64.1. The van der Waals surface area contributed by atoms with E-state index in [2.05, 4.69) is 10.5 Å². The second-order valence-corrected chi connectivity index (χ2v) is 1.16. The maximum absolute atomic E-state index is 10.2. The molecule has 0 fully saturated rings. The predicted molar refractivity (Wildman–Crippen MR) is 37.0 cm³/mol. The van der Waals surface area contributed by atoms with Crippen molar-refractivity contribution in [2.45, 2.75) is 20.3 Å². The lowest BCUT2D eigenvalue weighted by Gasteiger charge is -1.93. The van der Waals surface area contributed by atoms with E-state index < -0.39 is 0 Å². The molecule has 0 aliphatic rings. The molecule has 0 aliphatic heterocycles. The van der Waals surface area contributed by atoms with Crippen molar-refractivity contribution in [2.24, 2.45) is 5.73 Å². The highest BCUT2D eigenvalue weighted by atomic mass is 16.5. The van der Waals surface area contributed by atoms with Gasteiger partial charge in [-0.25, -0.2) is 0 Å². The first kappa shape index (κ1) is 11.3. The van der Waals surface area contributed by atoms with E-state index in [-0.39, 0.29) is 5.97 Å². The molecule has 0 amide bonds. The van der Waals surface area contributed by atoms with Crippen molar-refractivity contribution in [3.05, 3.63) is 0 Å². The lowest BCUT2D eigenvalue weighted by atomic mass is 10.5.